The first-order chi connectivity index (χ1) is 14.4. The summed E-state index contributed by atoms with van der Waals surface area (Å²) in [6.07, 6.45) is 0.501. The van der Waals surface area contributed by atoms with E-state index in [1.54, 1.807) is 18.6 Å². The number of esters is 1. The van der Waals surface area contributed by atoms with Crippen LogP contribution in [0.25, 0.3) is 5.69 Å². The number of hydrogen-bond acceptors (Lipinski definition) is 5. The predicted molar refractivity (Wildman–Crippen MR) is 113 cm³/mol. The van der Waals surface area contributed by atoms with Gasteiger partial charge in [-0.3, -0.25) is 9.36 Å². The average Bonchev–Trinajstić information content (AvgIpc) is 2.97. The number of halogens is 1. The van der Waals surface area contributed by atoms with E-state index in [0.717, 1.165) is 11.3 Å². The first-order valence-electron chi connectivity index (χ1n) is 9.52. The van der Waals surface area contributed by atoms with Crippen molar-refractivity contribution in [1.82, 2.24) is 9.13 Å². The van der Waals surface area contributed by atoms with Gasteiger partial charge in [0, 0.05) is 6.54 Å². The van der Waals surface area contributed by atoms with Gasteiger partial charge in [0.05, 0.1) is 31.5 Å². The first kappa shape index (κ1) is 21.6. The molecule has 1 N–H and O–H groups in total. The quantitative estimate of drug-likeness (QED) is 0.428. The zero-order valence-corrected chi connectivity index (χ0v) is 17.6. The fourth-order valence-corrected chi connectivity index (χ4v) is 3.58. The molecule has 0 atom stereocenters. The third-order valence-corrected chi connectivity index (χ3v) is 5.11. The zero-order chi connectivity index (χ0) is 21.7. The Bertz CT molecular complexity index is 1070. The Labute approximate surface area is 179 Å². The van der Waals surface area contributed by atoms with Crippen LogP contribution in [0.5, 0.6) is 11.6 Å². The van der Waals surface area contributed by atoms with Crippen molar-refractivity contribution in [2.24, 2.45) is 0 Å². The van der Waals surface area contributed by atoms with Gasteiger partial charge < -0.3 is 19.1 Å². The fraction of sp³-hybridized carbons (Fsp3) is 0.273. The molecule has 0 radical (unpaired) electrons. The molecule has 1 heterocycles. The van der Waals surface area contributed by atoms with E-state index < -0.39 is 11.8 Å². The molecule has 0 amide bonds. The summed E-state index contributed by atoms with van der Waals surface area (Å²) in [5.41, 5.74) is 1.91. The number of rotatable bonds is 8. The van der Waals surface area contributed by atoms with Crippen LogP contribution >= 0.6 is 12.2 Å². The first-order valence-corrected chi connectivity index (χ1v) is 9.93. The average molecular weight is 431 g/mol. The molecule has 2 aromatic carbocycles. The minimum Gasteiger partial charge on any atom is -0.497 e. The molecule has 0 fully saturated rings. The van der Waals surface area contributed by atoms with E-state index in [-0.39, 0.29) is 18.9 Å². The zero-order valence-electron chi connectivity index (χ0n) is 16.8. The second-order valence-electron chi connectivity index (χ2n) is 6.60. The Morgan fingerprint density at radius 1 is 1.13 bits per heavy atom. The fourth-order valence-electron chi connectivity index (χ4n) is 3.19. The molecule has 0 aliphatic rings. The largest absolute Gasteiger partial charge is 0.497 e. The predicted octanol–water partition coefficient (Wildman–Crippen LogP) is 4.21. The molecule has 3 aromatic rings. The van der Waals surface area contributed by atoms with Crippen molar-refractivity contribution in [3.63, 3.8) is 0 Å². The normalized spacial score (nSPS) is 10.8. The van der Waals surface area contributed by atoms with Crippen molar-refractivity contribution >= 4 is 18.2 Å². The lowest BCUT2D eigenvalue weighted by atomic mass is 10.1. The minimum atomic E-state index is -0.461. The summed E-state index contributed by atoms with van der Waals surface area (Å²) in [4.78, 5) is 12.1. The van der Waals surface area contributed by atoms with Crippen molar-refractivity contribution in [2.75, 3.05) is 13.7 Å². The van der Waals surface area contributed by atoms with E-state index in [4.69, 9.17) is 21.7 Å². The van der Waals surface area contributed by atoms with Crippen LogP contribution < -0.4 is 4.74 Å². The summed E-state index contributed by atoms with van der Waals surface area (Å²) < 4.78 is 27.0. The third kappa shape index (κ3) is 4.71. The van der Waals surface area contributed by atoms with Crippen LogP contribution in [0.2, 0.25) is 0 Å². The van der Waals surface area contributed by atoms with Crippen molar-refractivity contribution in [2.45, 2.75) is 26.3 Å². The Morgan fingerprint density at radius 2 is 1.80 bits per heavy atom. The second kappa shape index (κ2) is 9.58. The van der Waals surface area contributed by atoms with Crippen LogP contribution in [0.15, 0.2) is 48.5 Å². The second-order valence-corrected chi connectivity index (χ2v) is 6.96. The SMILES string of the molecule is CCOC(=O)Cc1c(O)n(-c2ccc(F)cc2)c(=S)n1CCc1ccc(OC)cc1. The van der Waals surface area contributed by atoms with Gasteiger partial charge in [-0.25, -0.2) is 4.39 Å². The van der Waals surface area contributed by atoms with E-state index in [0.29, 0.717) is 29.1 Å². The van der Waals surface area contributed by atoms with Gasteiger partial charge in [-0.2, -0.15) is 0 Å². The number of carbonyl (C=O) groups excluding carboxylic acids is 1. The monoisotopic (exact) mass is 430 g/mol. The molecule has 1 aromatic heterocycles. The lowest BCUT2D eigenvalue weighted by Gasteiger charge is -2.09. The molecule has 0 unspecified atom stereocenters. The van der Waals surface area contributed by atoms with Crippen LogP contribution in [0, 0.1) is 10.6 Å². The third-order valence-electron chi connectivity index (χ3n) is 4.70. The van der Waals surface area contributed by atoms with Crippen molar-refractivity contribution in [1.29, 1.82) is 0 Å². The summed E-state index contributed by atoms with van der Waals surface area (Å²) in [6.45, 7) is 2.41. The molecule has 0 aliphatic carbocycles. The molecule has 158 valence electrons. The van der Waals surface area contributed by atoms with Gasteiger partial charge >= 0.3 is 5.97 Å². The van der Waals surface area contributed by atoms with Gasteiger partial charge in [0.1, 0.15) is 11.6 Å². The highest BCUT2D eigenvalue weighted by Crippen LogP contribution is 2.27. The lowest BCUT2D eigenvalue weighted by Crippen LogP contribution is -2.13. The topological polar surface area (TPSA) is 65.6 Å². The van der Waals surface area contributed by atoms with Crippen molar-refractivity contribution < 1.29 is 23.8 Å². The molecule has 0 saturated carbocycles. The summed E-state index contributed by atoms with van der Waals surface area (Å²) >= 11 is 5.59. The molecule has 8 heteroatoms. The van der Waals surface area contributed by atoms with Crippen LogP contribution in [0.1, 0.15) is 18.2 Å². The van der Waals surface area contributed by atoms with Crippen molar-refractivity contribution in [3.05, 3.63) is 70.4 Å². The molecule has 0 aliphatic heterocycles. The highest BCUT2D eigenvalue weighted by Gasteiger charge is 2.21. The molecular weight excluding hydrogens is 407 g/mol. The minimum absolute atomic E-state index is 0.125. The highest BCUT2D eigenvalue weighted by molar-refractivity contribution is 7.71. The number of benzene rings is 2. The van der Waals surface area contributed by atoms with Crippen LogP contribution in [-0.2, 0) is 28.9 Å². The standard InChI is InChI=1S/C22H23FN2O4S/c1-3-29-20(26)14-19-21(27)25(17-8-6-16(23)7-9-17)22(30)24(19)13-12-15-4-10-18(28-2)11-5-15/h4-11,27H,3,12-14H2,1-2H3. The molecular formula is C22H23FN2O4S. The molecule has 0 bridgehead atoms. The van der Waals surface area contributed by atoms with Crippen molar-refractivity contribution in [3.8, 4) is 17.3 Å². The summed E-state index contributed by atoms with van der Waals surface area (Å²) in [5.74, 6) is -0.249. The number of ether oxygens (including phenoxy) is 2. The van der Waals surface area contributed by atoms with Gasteiger partial charge in [-0.15, -0.1) is 0 Å². The maximum absolute atomic E-state index is 13.3. The molecule has 3 rings (SSSR count). The van der Waals surface area contributed by atoms with Crippen LogP contribution in [0.3, 0.4) is 0 Å². The molecule has 0 saturated heterocycles. The number of methoxy groups -OCH3 is 1. The molecule has 30 heavy (non-hydrogen) atoms. The van der Waals surface area contributed by atoms with E-state index in [9.17, 15) is 14.3 Å². The Hall–Kier alpha value is -3.13. The van der Waals surface area contributed by atoms with Gasteiger partial charge in [0.2, 0.25) is 5.88 Å². The van der Waals surface area contributed by atoms with Gasteiger partial charge in [-0.05, 0) is 67.5 Å². The Morgan fingerprint density at radius 3 is 2.40 bits per heavy atom. The van der Waals surface area contributed by atoms with Crippen LogP contribution in [-0.4, -0.2) is 33.9 Å². The number of aryl methyl sites for hydroxylation is 1. The maximum Gasteiger partial charge on any atom is 0.311 e. The summed E-state index contributed by atoms with van der Waals surface area (Å²) in [7, 11) is 1.61. The summed E-state index contributed by atoms with van der Waals surface area (Å²) in [5, 5.41) is 10.9. The number of nitrogens with zero attached hydrogens (tertiary/aromatic N) is 2. The molecule has 0 spiro atoms. The van der Waals surface area contributed by atoms with Crippen LogP contribution in [0.4, 0.5) is 4.39 Å². The smallest absolute Gasteiger partial charge is 0.311 e. The number of aromatic hydroxyl groups is 1. The Balaban J connectivity index is 1.97. The number of carbonyl (C=O) groups is 1. The maximum atomic E-state index is 13.3. The summed E-state index contributed by atoms with van der Waals surface area (Å²) in [6, 6.07) is 13.3. The van der Waals surface area contributed by atoms with Gasteiger partial charge in [0.15, 0.2) is 4.77 Å². The van der Waals surface area contributed by atoms with E-state index in [1.165, 1.54) is 28.8 Å². The van der Waals surface area contributed by atoms with E-state index in [2.05, 4.69) is 0 Å². The van der Waals surface area contributed by atoms with Gasteiger partial charge in [0.25, 0.3) is 0 Å². The number of hydrogen-bond donors (Lipinski definition) is 1. The van der Waals surface area contributed by atoms with E-state index >= 15 is 0 Å². The number of aromatic nitrogens is 2. The lowest BCUT2D eigenvalue weighted by molar-refractivity contribution is -0.142. The molecule has 6 nitrogen and oxygen atoms in total. The number of imidazole rings is 1. The van der Waals surface area contributed by atoms with Gasteiger partial charge in [-0.1, -0.05) is 12.1 Å². The van der Waals surface area contributed by atoms with E-state index in [1.807, 2.05) is 24.3 Å². The Kier molecular flexibility index (Phi) is 6.89. The highest BCUT2D eigenvalue weighted by atomic mass is 32.1.